The van der Waals surface area contributed by atoms with Gasteiger partial charge in [-0.05, 0) is 0 Å². The number of rotatable bonds is 1. The van der Waals surface area contributed by atoms with Gasteiger partial charge in [-0.15, -0.1) is 11.6 Å². The summed E-state index contributed by atoms with van der Waals surface area (Å²) in [6.07, 6.45) is -1.21. The van der Waals surface area contributed by atoms with Crippen LogP contribution in [0.1, 0.15) is 6.42 Å². The highest BCUT2D eigenvalue weighted by molar-refractivity contribution is 6.18. The largest absolute Gasteiger partial charge is 0.423 e. The molecule has 0 aromatic carbocycles. The van der Waals surface area contributed by atoms with Crippen LogP contribution in [-0.4, -0.2) is 24.1 Å². The number of alkyl halides is 1. The standard InChI is InChI=1S/C5H5ClO4/c6-2-5-9-3(7)1-4(8)10-5/h5H,1-2H2. The van der Waals surface area contributed by atoms with Crippen molar-refractivity contribution in [2.45, 2.75) is 12.7 Å². The number of carbonyl (C=O) groups is 2. The Morgan fingerprint density at radius 2 is 1.90 bits per heavy atom. The van der Waals surface area contributed by atoms with Gasteiger partial charge in [-0.1, -0.05) is 0 Å². The maximum Gasteiger partial charge on any atom is 0.320 e. The molecule has 0 saturated carbocycles. The van der Waals surface area contributed by atoms with Crippen molar-refractivity contribution in [3.8, 4) is 0 Å². The fourth-order valence-electron chi connectivity index (χ4n) is 0.581. The van der Waals surface area contributed by atoms with Gasteiger partial charge in [0.05, 0.1) is 5.88 Å². The molecule has 0 radical (unpaired) electrons. The third-order valence-electron chi connectivity index (χ3n) is 0.940. The molecule has 0 amide bonds. The van der Waals surface area contributed by atoms with Crippen LogP contribution in [0.4, 0.5) is 0 Å². The predicted molar refractivity (Wildman–Crippen MR) is 31.3 cm³/mol. The summed E-state index contributed by atoms with van der Waals surface area (Å²) in [5.74, 6) is -1.18. The molecule has 0 N–H and O–H groups in total. The summed E-state index contributed by atoms with van der Waals surface area (Å²) in [7, 11) is 0. The molecule has 1 saturated heterocycles. The highest BCUT2D eigenvalue weighted by atomic mass is 35.5. The first kappa shape index (κ1) is 7.34. The van der Waals surface area contributed by atoms with Crippen LogP contribution in [-0.2, 0) is 19.1 Å². The number of hydrogen-bond donors (Lipinski definition) is 0. The lowest BCUT2D eigenvalue weighted by molar-refractivity contribution is -0.198. The van der Waals surface area contributed by atoms with Gasteiger partial charge < -0.3 is 9.47 Å². The summed E-state index contributed by atoms with van der Waals surface area (Å²) in [4.78, 5) is 20.9. The van der Waals surface area contributed by atoms with E-state index in [1.807, 2.05) is 0 Å². The first-order valence-electron chi connectivity index (χ1n) is 2.67. The Morgan fingerprint density at radius 3 is 2.30 bits per heavy atom. The zero-order valence-electron chi connectivity index (χ0n) is 5.00. The minimum atomic E-state index is -0.893. The van der Waals surface area contributed by atoms with Crippen molar-refractivity contribution in [1.29, 1.82) is 0 Å². The molecule has 10 heavy (non-hydrogen) atoms. The van der Waals surface area contributed by atoms with E-state index < -0.39 is 18.2 Å². The molecule has 0 bridgehead atoms. The van der Waals surface area contributed by atoms with Gasteiger partial charge in [-0.3, -0.25) is 9.59 Å². The molecule has 1 aliphatic heterocycles. The molecule has 0 spiro atoms. The van der Waals surface area contributed by atoms with Crippen molar-refractivity contribution in [3.63, 3.8) is 0 Å². The Hall–Kier alpha value is -0.770. The van der Waals surface area contributed by atoms with E-state index in [-0.39, 0.29) is 12.3 Å². The Bertz CT molecular complexity index is 151. The van der Waals surface area contributed by atoms with Crippen LogP contribution < -0.4 is 0 Å². The second-order valence-electron chi connectivity index (χ2n) is 1.74. The minimum absolute atomic E-state index is 0.0164. The highest BCUT2D eigenvalue weighted by Crippen LogP contribution is 2.08. The molecule has 1 rings (SSSR count). The van der Waals surface area contributed by atoms with Crippen LogP contribution in [0.25, 0.3) is 0 Å². The monoisotopic (exact) mass is 164 g/mol. The van der Waals surface area contributed by atoms with Crippen LogP contribution in [0.15, 0.2) is 0 Å². The predicted octanol–water partition coefficient (Wildman–Crippen LogP) is 0.0414. The minimum Gasteiger partial charge on any atom is -0.423 e. The van der Waals surface area contributed by atoms with Crippen molar-refractivity contribution in [1.82, 2.24) is 0 Å². The van der Waals surface area contributed by atoms with Gasteiger partial charge in [0.1, 0.15) is 6.42 Å². The molecule has 1 fully saturated rings. The van der Waals surface area contributed by atoms with Gasteiger partial charge in [-0.2, -0.15) is 0 Å². The maximum atomic E-state index is 10.5. The number of cyclic esters (lactones) is 2. The lowest BCUT2D eigenvalue weighted by Crippen LogP contribution is -2.33. The summed E-state index contributed by atoms with van der Waals surface area (Å²) < 4.78 is 8.98. The van der Waals surface area contributed by atoms with Gasteiger partial charge in [0, 0.05) is 0 Å². The third-order valence-corrected chi connectivity index (χ3v) is 1.19. The van der Waals surface area contributed by atoms with Crippen molar-refractivity contribution in [2.75, 3.05) is 5.88 Å². The van der Waals surface area contributed by atoms with E-state index in [1.54, 1.807) is 0 Å². The Labute approximate surface area is 62.0 Å². The number of halogens is 1. The number of hydrogen-bond acceptors (Lipinski definition) is 4. The van der Waals surface area contributed by atoms with Crippen LogP contribution in [0.2, 0.25) is 0 Å². The summed E-state index contributed by atoms with van der Waals surface area (Å²) >= 11 is 5.26. The first-order chi connectivity index (χ1) is 4.72. The Kier molecular flexibility index (Phi) is 2.11. The Morgan fingerprint density at radius 1 is 1.40 bits per heavy atom. The van der Waals surface area contributed by atoms with Gasteiger partial charge in [0.2, 0.25) is 0 Å². The second kappa shape index (κ2) is 2.88. The van der Waals surface area contributed by atoms with E-state index >= 15 is 0 Å². The summed E-state index contributed by atoms with van der Waals surface area (Å²) in [5, 5.41) is 0. The molecule has 0 aromatic heterocycles. The molecule has 1 aliphatic rings. The van der Waals surface area contributed by atoms with Crippen LogP contribution in [0.3, 0.4) is 0 Å². The van der Waals surface area contributed by atoms with Crippen molar-refractivity contribution >= 4 is 23.5 Å². The molecule has 56 valence electrons. The van der Waals surface area contributed by atoms with Crippen molar-refractivity contribution < 1.29 is 19.1 Å². The van der Waals surface area contributed by atoms with Gasteiger partial charge in [0.15, 0.2) is 0 Å². The average Bonchev–Trinajstić information content (AvgIpc) is 1.85. The normalized spacial score (nSPS) is 20.1. The summed E-state index contributed by atoms with van der Waals surface area (Å²) in [5.41, 5.74) is 0. The third kappa shape index (κ3) is 1.60. The van der Waals surface area contributed by atoms with E-state index in [4.69, 9.17) is 11.6 Å². The molecule has 0 aliphatic carbocycles. The van der Waals surface area contributed by atoms with E-state index in [0.29, 0.717) is 0 Å². The van der Waals surface area contributed by atoms with Crippen LogP contribution in [0, 0.1) is 0 Å². The molecule has 1 heterocycles. The van der Waals surface area contributed by atoms with Crippen molar-refractivity contribution in [3.05, 3.63) is 0 Å². The lowest BCUT2D eigenvalue weighted by Gasteiger charge is -2.19. The first-order valence-corrected chi connectivity index (χ1v) is 3.21. The van der Waals surface area contributed by atoms with Crippen LogP contribution in [0.5, 0.6) is 0 Å². The molecule has 0 unspecified atom stereocenters. The SMILES string of the molecule is O=C1CC(=O)OC(CCl)O1. The summed E-state index contributed by atoms with van der Waals surface area (Å²) in [6, 6.07) is 0. The van der Waals surface area contributed by atoms with E-state index in [9.17, 15) is 9.59 Å². The van der Waals surface area contributed by atoms with E-state index in [2.05, 4.69) is 9.47 Å². The molecule has 4 nitrogen and oxygen atoms in total. The van der Waals surface area contributed by atoms with Crippen molar-refractivity contribution in [2.24, 2.45) is 0 Å². The topological polar surface area (TPSA) is 52.6 Å². The molecule has 0 atom stereocenters. The maximum absolute atomic E-state index is 10.5. The van der Waals surface area contributed by atoms with Gasteiger partial charge in [0.25, 0.3) is 6.29 Å². The smallest absolute Gasteiger partial charge is 0.320 e. The van der Waals surface area contributed by atoms with E-state index in [0.717, 1.165) is 0 Å². The molecular weight excluding hydrogens is 160 g/mol. The van der Waals surface area contributed by atoms with Crippen LogP contribution >= 0.6 is 11.6 Å². The fraction of sp³-hybridized carbons (Fsp3) is 0.600. The molecule has 0 aromatic rings. The summed E-state index contributed by atoms with van der Waals surface area (Å²) in [6.45, 7) is 0. The lowest BCUT2D eigenvalue weighted by atomic mass is 10.4. The zero-order chi connectivity index (χ0) is 7.56. The van der Waals surface area contributed by atoms with E-state index in [1.165, 1.54) is 0 Å². The average molecular weight is 165 g/mol. The fourth-order valence-corrected chi connectivity index (χ4v) is 0.707. The molecule has 5 heteroatoms. The second-order valence-corrected chi connectivity index (χ2v) is 2.05. The zero-order valence-corrected chi connectivity index (χ0v) is 5.76. The van der Waals surface area contributed by atoms with Gasteiger partial charge in [-0.25, -0.2) is 0 Å². The number of carbonyl (C=O) groups excluding carboxylic acids is 2. The Balaban J connectivity index is 2.50. The number of esters is 2. The highest BCUT2D eigenvalue weighted by Gasteiger charge is 2.26. The quantitative estimate of drug-likeness (QED) is 0.312. The molecular formula is C5H5ClO4. The number of ether oxygens (including phenoxy) is 2. The van der Waals surface area contributed by atoms with Gasteiger partial charge >= 0.3 is 11.9 Å².